The van der Waals surface area contributed by atoms with Gasteiger partial charge < -0.3 is 10.6 Å². The molecule has 3 rings (SSSR count). The number of rotatable bonds is 4. The molecule has 2 N–H and O–H groups in total. The Morgan fingerprint density at radius 1 is 1.11 bits per heavy atom. The minimum Gasteiger partial charge on any atom is -0.332 e. The molecule has 2 aromatic carbocycles. The van der Waals surface area contributed by atoms with Crippen molar-refractivity contribution in [2.45, 2.75) is 26.6 Å². The minimum atomic E-state index is -4.36. The highest BCUT2D eigenvalue weighted by Gasteiger charge is 2.30. The van der Waals surface area contributed by atoms with E-state index in [9.17, 15) is 13.2 Å². The first-order valence-corrected chi connectivity index (χ1v) is 8.95. The summed E-state index contributed by atoms with van der Waals surface area (Å²) in [6.45, 7) is 4.24. The van der Waals surface area contributed by atoms with E-state index in [2.05, 4.69) is 21.8 Å². The Hall–Kier alpha value is -2.87. The first kappa shape index (κ1) is 19.9. The van der Waals surface area contributed by atoms with Crippen LogP contribution < -0.4 is 10.6 Å². The predicted molar refractivity (Wildman–Crippen MR) is 109 cm³/mol. The summed E-state index contributed by atoms with van der Waals surface area (Å²) in [4.78, 5) is 0. The van der Waals surface area contributed by atoms with E-state index < -0.39 is 11.7 Å². The zero-order chi connectivity index (χ0) is 20.3. The van der Waals surface area contributed by atoms with E-state index >= 15 is 0 Å². The number of aromatic nitrogens is 2. The van der Waals surface area contributed by atoms with Gasteiger partial charge >= 0.3 is 6.18 Å². The second kappa shape index (κ2) is 8.02. The Morgan fingerprint density at radius 2 is 1.89 bits per heavy atom. The first-order chi connectivity index (χ1) is 13.2. The molecule has 3 aromatic rings. The summed E-state index contributed by atoms with van der Waals surface area (Å²) in [5.41, 5.74) is 3.63. The van der Waals surface area contributed by atoms with Gasteiger partial charge in [0.2, 0.25) is 0 Å². The zero-order valence-electron chi connectivity index (χ0n) is 15.3. The molecular formula is C20H19F3N4S. The van der Waals surface area contributed by atoms with Crippen molar-refractivity contribution >= 4 is 28.7 Å². The molecule has 0 aliphatic carbocycles. The van der Waals surface area contributed by atoms with Crippen molar-refractivity contribution in [1.29, 1.82) is 0 Å². The second-order valence-corrected chi connectivity index (χ2v) is 6.93. The Morgan fingerprint density at radius 3 is 2.61 bits per heavy atom. The molecule has 0 aliphatic rings. The van der Waals surface area contributed by atoms with E-state index in [-0.39, 0.29) is 6.54 Å². The second-order valence-electron chi connectivity index (χ2n) is 6.52. The fourth-order valence-corrected chi connectivity index (χ4v) is 3.01. The van der Waals surface area contributed by atoms with Gasteiger partial charge in [-0.05, 0) is 55.4 Å². The molecule has 0 saturated carbocycles. The maximum atomic E-state index is 12.8. The van der Waals surface area contributed by atoms with Crippen LogP contribution in [0.2, 0.25) is 0 Å². The van der Waals surface area contributed by atoms with Gasteiger partial charge in [0.25, 0.3) is 0 Å². The molecule has 0 spiro atoms. The highest BCUT2D eigenvalue weighted by molar-refractivity contribution is 7.80. The minimum absolute atomic E-state index is 0.225. The van der Waals surface area contributed by atoms with Gasteiger partial charge in [-0.2, -0.15) is 18.3 Å². The maximum Gasteiger partial charge on any atom is 0.416 e. The van der Waals surface area contributed by atoms with Crippen molar-refractivity contribution < 1.29 is 13.2 Å². The van der Waals surface area contributed by atoms with E-state index in [0.717, 1.165) is 28.9 Å². The van der Waals surface area contributed by atoms with Gasteiger partial charge in [-0.1, -0.05) is 29.8 Å². The molecule has 1 heterocycles. The smallest absolute Gasteiger partial charge is 0.332 e. The number of aryl methyl sites for hydroxylation is 2. The molecule has 1 aromatic heterocycles. The molecular weight excluding hydrogens is 385 g/mol. The lowest BCUT2D eigenvalue weighted by Crippen LogP contribution is -2.19. The molecule has 0 bridgehead atoms. The summed E-state index contributed by atoms with van der Waals surface area (Å²) in [6.07, 6.45) is -1.10. The van der Waals surface area contributed by atoms with Gasteiger partial charge in [0.05, 0.1) is 24.0 Å². The standard InChI is InChI=1S/C20H19F3N4S/c1-13-6-7-18(14(2)8-13)26-19(28)25-17-10-24-27(12-17)11-15-4-3-5-16(9-15)20(21,22)23/h3-10,12H,11H2,1-2H3,(H2,25,26,28). The number of nitrogens with one attached hydrogen (secondary N) is 2. The van der Waals surface area contributed by atoms with Crippen LogP contribution in [0.3, 0.4) is 0 Å². The fraction of sp³-hybridized carbons (Fsp3) is 0.200. The van der Waals surface area contributed by atoms with E-state index in [1.807, 2.05) is 26.0 Å². The van der Waals surface area contributed by atoms with Crippen molar-refractivity contribution in [3.8, 4) is 0 Å². The molecule has 0 amide bonds. The lowest BCUT2D eigenvalue weighted by molar-refractivity contribution is -0.137. The van der Waals surface area contributed by atoms with Crippen LogP contribution in [-0.4, -0.2) is 14.9 Å². The summed E-state index contributed by atoms with van der Waals surface area (Å²) in [5.74, 6) is 0. The lowest BCUT2D eigenvalue weighted by Gasteiger charge is -2.12. The van der Waals surface area contributed by atoms with Crippen LogP contribution in [-0.2, 0) is 12.7 Å². The van der Waals surface area contributed by atoms with Crippen LogP contribution in [0.5, 0.6) is 0 Å². The first-order valence-electron chi connectivity index (χ1n) is 8.54. The Bertz CT molecular complexity index is 995. The number of anilines is 2. The number of nitrogens with zero attached hydrogens (tertiary/aromatic N) is 2. The maximum absolute atomic E-state index is 12.8. The molecule has 8 heteroatoms. The SMILES string of the molecule is Cc1ccc(NC(=S)Nc2cnn(Cc3cccc(C(F)(F)F)c3)c2)c(C)c1. The van der Waals surface area contributed by atoms with E-state index in [0.29, 0.717) is 16.4 Å². The van der Waals surface area contributed by atoms with Crippen LogP contribution in [0, 0.1) is 13.8 Å². The Labute approximate surface area is 166 Å². The van der Waals surface area contributed by atoms with Gasteiger partial charge in [0.15, 0.2) is 5.11 Å². The molecule has 4 nitrogen and oxygen atoms in total. The third kappa shape index (κ3) is 5.10. The normalized spacial score (nSPS) is 11.3. The number of hydrogen-bond acceptors (Lipinski definition) is 2. The summed E-state index contributed by atoms with van der Waals surface area (Å²) in [6, 6.07) is 11.2. The van der Waals surface area contributed by atoms with Gasteiger partial charge in [-0.15, -0.1) is 0 Å². The van der Waals surface area contributed by atoms with Crippen LogP contribution in [0.15, 0.2) is 54.9 Å². The van der Waals surface area contributed by atoms with Crippen molar-refractivity contribution in [3.63, 3.8) is 0 Å². The summed E-state index contributed by atoms with van der Waals surface area (Å²) in [7, 11) is 0. The molecule has 0 aliphatic heterocycles. The van der Waals surface area contributed by atoms with Crippen LogP contribution >= 0.6 is 12.2 Å². The van der Waals surface area contributed by atoms with E-state index in [4.69, 9.17) is 12.2 Å². The lowest BCUT2D eigenvalue weighted by atomic mass is 10.1. The third-order valence-corrected chi connectivity index (χ3v) is 4.32. The van der Waals surface area contributed by atoms with Gasteiger partial charge in [0.1, 0.15) is 0 Å². The van der Waals surface area contributed by atoms with Gasteiger partial charge in [0, 0.05) is 11.9 Å². The van der Waals surface area contributed by atoms with Crippen molar-refractivity contribution in [1.82, 2.24) is 9.78 Å². The quantitative estimate of drug-likeness (QED) is 0.573. The number of thiocarbonyl (C=S) groups is 1. The molecule has 0 fully saturated rings. The van der Waals surface area contributed by atoms with Crippen LogP contribution in [0.1, 0.15) is 22.3 Å². The van der Waals surface area contributed by atoms with Crippen molar-refractivity contribution in [3.05, 3.63) is 77.1 Å². The fourth-order valence-electron chi connectivity index (χ4n) is 2.79. The summed E-state index contributed by atoms with van der Waals surface area (Å²) < 4.78 is 40.0. The predicted octanol–water partition coefficient (Wildman–Crippen LogP) is 5.38. The van der Waals surface area contributed by atoms with Crippen LogP contribution in [0.25, 0.3) is 0 Å². The number of halogens is 3. The van der Waals surface area contributed by atoms with Gasteiger partial charge in [-0.25, -0.2) is 0 Å². The Kier molecular flexibility index (Phi) is 5.69. The van der Waals surface area contributed by atoms with Gasteiger partial charge in [-0.3, -0.25) is 4.68 Å². The highest BCUT2D eigenvalue weighted by Crippen LogP contribution is 2.29. The average Bonchev–Trinajstić information content (AvgIpc) is 3.03. The number of alkyl halides is 3. The molecule has 28 heavy (non-hydrogen) atoms. The van der Waals surface area contributed by atoms with E-state index in [1.165, 1.54) is 6.07 Å². The zero-order valence-corrected chi connectivity index (χ0v) is 16.2. The molecule has 0 saturated heterocycles. The topological polar surface area (TPSA) is 41.9 Å². The average molecular weight is 404 g/mol. The largest absolute Gasteiger partial charge is 0.416 e. The molecule has 146 valence electrons. The highest BCUT2D eigenvalue weighted by atomic mass is 32.1. The van der Waals surface area contributed by atoms with E-state index in [1.54, 1.807) is 23.1 Å². The van der Waals surface area contributed by atoms with Crippen molar-refractivity contribution in [2.24, 2.45) is 0 Å². The monoisotopic (exact) mass is 404 g/mol. The number of benzene rings is 2. The molecule has 0 radical (unpaired) electrons. The summed E-state index contributed by atoms with van der Waals surface area (Å²) >= 11 is 5.32. The van der Waals surface area contributed by atoms with Crippen LogP contribution in [0.4, 0.5) is 24.5 Å². The number of hydrogen-bond donors (Lipinski definition) is 2. The third-order valence-electron chi connectivity index (χ3n) is 4.12. The van der Waals surface area contributed by atoms with Crippen molar-refractivity contribution in [2.75, 3.05) is 10.6 Å². The summed E-state index contributed by atoms with van der Waals surface area (Å²) in [5, 5.41) is 10.7. The molecule has 0 unspecified atom stereocenters. The molecule has 0 atom stereocenters. The Balaban J connectivity index is 1.63.